The van der Waals surface area contributed by atoms with Crippen LogP contribution in [0.2, 0.25) is 0 Å². The molecule has 0 N–H and O–H groups in total. The van der Waals surface area contributed by atoms with E-state index in [-0.39, 0.29) is 5.12 Å². The normalized spacial score (nSPS) is 9.56. The maximum absolute atomic E-state index is 10.3. The second-order valence-electron chi connectivity index (χ2n) is 1.69. The molecule has 0 fully saturated rings. The topological polar surface area (TPSA) is 26.3 Å². The van der Waals surface area contributed by atoms with Crippen molar-refractivity contribution in [3.05, 3.63) is 0 Å². The number of rotatable bonds is 4. The van der Waals surface area contributed by atoms with E-state index in [0.29, 0.717) is 0 Å². The molecule has 0 heterocycles. The van der Waals surface area contributed by atoms with Crippen molar-refractivity contribution in [2.24, 2.45) is 0 Å². The lowest BCUT2D eigenvalue weighted by Crippen LogP contribution is -1.92. The molecule has 9 heavy (non-hydrogen) atoms. The Morgan fingerprint density at radius 3 is 2.78 bits per heavy atom. The van der Waals surface area contributed by atoms with Crippen molar-refractivity contribution in [2.45, 2.75) is 13.3 Å². The highest BCUT2D eigenvalue weighted by Crippen LogP contribution is 2.02. The second-order valence-corrected chi connectivity index (χ2v) is 2.96. The highest BCUT2D eigenvalue weighted by Gasteiger charge is 1.91. The maximum Gasteiger partial charge on any atom is 0.185 e. The smallest absolute Gasteiger partial charge is 0.185 e. The zero-order valence-electron chi connectivity index (χ0n) is 5.85. The van der Waals surface area contributed by atoms with Crippen LogP contribution in [0.3, 0.4) is 0 Å². The summed E-state index contributed by atoms with van der Waals surface area (Å²) in [6, 6.07) is 0. The molecule has 0 rings (SSSR count). The van der Waals surface area contributed by atoms with Crippen molar-refractivity contribution in [2.75, 3.05) is 19.5 Å². The Morgan fingerprint density at radius 2 is 2.33 bits per heavy atom. The maximum atomic E-state index is 10.3. The van der Waals surface area contributed by atoms with E-state index in [4.69, 9.17) is 4.74 Å². The van der Waals surface area contributed by atoms with Gasteiger partial charge in [-0.05, 0) is 6.42 Å². The van der Waals surface area contributed by atoms with Gasteiger partial charge in [-0.25, -0.2) is 0 Å². The van der Waals surface area contributed by atoms with Crippen molar-refractivity contribution >= 4 is 16.9 Å². The molecule has 0 unspecified atom stereocenters. The highest BCUT2D eigenvalue weighted by molar-refractivity contribution is 8.13. The molecule has 0 spiro atoms. The van der Waals surface area contributed by atoms with Crippen molar-refractivity contribution in [1.82, 2.24) is 0 Å². The van der Waals surface area contributed by atoms with E-state index in [2.05, 4.69) is 0 Å². The first kappa shape index (κ1) is 8.98. The Balaban J connectivity index is 2.83. The van der Waals surface area contributed by atoms with Gasteiger partial charge in [-0.2, -0.15) is 0 Å². The fraction of sp³-hybridized carbons (Fsp3) is 0.833. The van der Waals surface area contributed by atoms with Crippen LogP contribution in [0.25, 0.3) is 0 Å². The third-order valence-corrected chi connectivity index (χ3v) is 1.70. The molecule has 0 aliphatic heterocycles. The quantitative estimate of drug-likeness (QED) is 0.562. The van der Waals surface area contributed by atoms with Gasteiger partial charge in [0.25, 0.3) is 0 Å². The molecular formula is C6H12O2S. The van der Waals surface area contributed by atoms with Gasteiger partial charge < -0.3 is 4.74 Å². The predicted molar refractivity (Wildman–Crippen MR) is 39.6 cm³/mol. The van der Waals surface area contributed by atoms with Gasteiger partial charge in [0.1, 0.15) is 0 Å². The van der Waals surface area contributed by atoms with Crippen LogP contribution in [0.5, 0.6) is 0 Å². The molecule has 0 aliphatic carbocycles. The lowest BCUT2D eigenvalue weighted by Gasteiger charge is -1.94. The van der Waals surface area contributed by atoms with E-state index in [1.807, 2.05) is 0 Å². The van der Waals surface area contributed by atoms with Gasteiger partial charge >= 0.3 is 0 Å². The largest absolute Gasteiger partial charge is 0.385 e. The molecule has 54 valence electrons. The van der Waals surface area contributed by atoms with Crippen molar-refractivity contribution in [3.8, 4) is 0 Å². The Kier molecular flexibility index (Phi) is 6.09. The Hall–Kier alpha value is -0.0200. The minimum absolute atomic E-state index is 0.186. The Morgan fingerprint density at radius 1 is 1.67 bits per heavy atom. The minimum atomic E-state index is 0.186. The fourth-order valence-corrected chi connectivity index (χ4v) is 0.969. The van der Waals surface area contributed by atoms with Crippen molar-refractivity contribution in [1.29, 1.82) is 0 Å². The average Bonchev–Trinajstić information content (AvgIpc) is 1.80. The highest BCUT2D eigenvalue weighted by atomic mass is 32.2. The van der Waals surface area contributed by atoms with Gasteiger partial charge in [0, 0.05) is 26.4 Å². The third-order valence-electron chi connectivity index (χ3n) is 0.798. The summed E-state index contributed by atoms with van der Waals surface area (Å²) in [5.41, 5.74) is 0. The van der Waals surface area contributed by atoms with Crippen molar-refractivity contribution < 1.29 is 9.53 Å². The molecule has 0 bridgehead atoms. The molecule has 0 aliphatic rings. The predicted octanol–water partition coefficient (Wildman–Crippen LogP) is 1.30. The molecular weight excluding hydrogens is 136 g/mol. The average molecular weight is 148 g/mol. The van der Waals surface area contributed by atoms with Crippen LogP contribution in [0.4, 0.5) is 0 Å². The summed E-state index contributed by atoms with van der Waals surface area (Å²) >= 11 is 1.35. The second kappa shape index (κ2) is 6.11. The van der Waals surface area contributed by atoms with E-state index >= 15 is 0 Å². The van der Waals surface area contributed by atoms with Gasteiger partial charge in [-0.15, -0.1) is 0 Å². The van der Waals surface area contributed by atoms with Gasteiger partial charge in [0.05, 0.1) is 0 Å². The first-order valence-corrected chi connectivity index (χ1v) is 3.88. The number of hydrogen-bond acceptors (Lipinski definition) is 3. The lowest BCUT2D eigenvalue weighted by molar-refractivity contribution is -0.109. The van der Waals surface area contributed by atoms with Gasteiger partial charge in [-0.3, -0.25) is 4.79 Å². The van der Waals surface area contributed by atoms with Gasteiger partial charge in [-0.1, -0.05) is 11.8 Å². The number of hydrogen-bond donors (Lipinski definition) is 0. The molecule has 0 aromatic rings. The summed E-state index contributed by atoms with van der Waals surface area (Å²) in [6.07, 6.45) is 0.959. The van der Waals surface area contributed by atoms with Crippen LogP contribution in [-0.4, -0.2) is 24.6 Å². The molecule has 0 saturated heterocycles. The van der Waals surface area contributed by atoms with E-state index in [1.165, 1.54) is 11.8 Å². The molecule has 2 nitrogen and oxygen atoms in total. The molecule has 0 aromatic heterocycles. The van der Waals surface area contributed by atoms with E-state index in [9.17, 15) is 4.79 Å². The summed E-state index contributed by atoms with van der Waals surface area (Å²) in [4.78, 5) is 10.3. The van der Waals surface area contributed by atoms with Crippen LogP contribution < -0.4 is 0 Å². The summed E-state index contributed by atoms with van der Waals surface area (Å²) in [6.45, 7) is 2.33. The van der Waals surface area contributed by atoms with Crippen LogP contribution in [0.15, 0.2) is 0 Å². The molecule has 0 saturated carbocycles. The summed E-state index contributed by atoms with van der Waals surface area (Å²) < 4.78 is 4.80. The molecule has 3 heteroatoms. The van der Waals surface area contributed by atoms with Crippen LogP contribution >= 0.6 is 11.8 Å². The monoisotopic (exact) mass is 148 g/mol. The van der Waals surface area contributed by atoms with Crippen LogP contribution in [-0.2, 0) is 9.53 Å². The molecule has 0 aromatic carbocycles. The standard InChI is InChI=1S/C6H12O2S/c1-6(7)9-5-3-4-8-2/h3-5H2,1-2H3. The molecule has 0 atom stereocenters. The van der Waals surface area contributed by atoms with Crippen LogP contribution in [0, 0.1) is 0 Å². The lowest BCUT2D eigenvalue weighted by atomic mass is 10.5. The summed E-state index contributed by atoms with van der Waals surface area (Å²) in [5.74, 6) is 0.878. The number of thioether (sulfide) groups is 1. The SMILES string of the molecule is COCCCSC(C)=O. The van der Waals surface area contributed by atoms with Crippen molar-refractivity contribution in [3.63, 3.8) is 0 Å². The zero-order chi connectivity index (χ0) is 7.11. The number of ether oxygens (including phenoxy) is 1. The fourth-order valence-electron chi connectivity index (χ4n) is 0.419. The van der Waals surface area contributed by atoms with E-state index < -0.39 is 0 Å². The third kappa shape index (κ3) is 7.98. The minimum Gasteiger partial charge on any atom is -0.385 e. The van der Waals surface area contributed by atoms with E-state index in [1.54, 1.807) is 14.0 Å². The Labute approximate surface area is 60.0 Å². The van der Waals surface area contributed by atoms with E-state index in [0.717, 1.165) is 18.8 Å². The number of carbonyl (C=O) groups excluding carboxylic acids is 1. The van der Waals surface area contributed by atoms with Crippen LogP contribution in [0.1, 0.15) is 13.3 Å². The first-order chi connectivity index (χ1) is 4.27. The first-order valence-electron chi connectivity index (χ1n) is 2.89. The summed E-state index contributed by atoms with van der Waals surface area (Å²) in [7, 11) is 1.67. The molecule has 0 amide bonds. The van der Waals surface area contributed by atoms with Gasteiger partial charge in [0.2, 0.25) is 0 Å². The van der Waals surface area contributed by atoms with Gasteiger partial charge in [0.15, 0.2) is 5.12 Å². The number of carbonyl (C=O) groups is 1. The number of methoxy groups -OCH3 is 1. The summed E-state index contributed by atoms with van der Waals surface area (Å²) in [5, 5.41) is 0.186. The molecule has 0 radical (unpaired) electrons. The zero-order valence-corrected chi connectivity index (χ0v) is 6.66. The Bertz CT molecular complexity index is 83.1.